The highest BCUT2D eigenvalue weighted by Gasteiger charge is 2.33. The molecular formula is C21H21FN4O2. The van der Waals surface area contributed by atoms with Crippen LogP contribution in [-0.2, 0) is 16.1 Å². The first-order chi connectivity index (χ1) is 13.7. The zero-order valence-electron chi connectivity index (χ0n) is 15.6. The third-order valence-electron chi connectivity index (χ3n) is 4.95. The first kappa shape index (κ1) is 18.2. The second-order valence-electron chi connectivity index (χ2n) is 6.74. The summed E-state index contributed by atoms with van der Waals surface area (Å²) in [5, 5.41) is 4.22. The number of benzene rings is 2. The lowest BCUT2D eigenvalue weighted by molar-refractivity contribution is -0.141. The Labute approximate surface area is 162 Å². The molecule has 0 amide bonds. The van der Waals surface area contributed by atoms with Crippen molar-refractivity contribution in [2.45, 2.75) is 25.4 Å². The largest absolute Gasteiger partial charge is 0.467 e. The van der Waals surface area contributed by atoms with Crippen LogP contribution in [0.25, 0.3) is 10.9 Å². The van der Waals surface area contributed by atoms with Gasteiger partial charge >= 0.3 is 5.97 Å². The molecule has 3 aromatic rings. The van der Waals surface area contributed by atoms with Gasteiger partial charge in [-0.25, -0.2) is 14.2 Å². The molecule has 1 fully saturated rings. The fourth-order valence-electron chi connectivity index (χ4n) is 3.50. The molecule has 2 heterocycles. The lowest BCUT2D eigenvalue weighted by Crippen LogP contribution is -2.38. The molecular weight excluding hydrogens is 359 g/mol. The highest BCUT2D eigenvalue weighted by molar-refractivity contribution is 5.90. The predicted octanol–water partition coefficient (Wildman–Crippen LogP) is 3.52. The van der Waals surface area contributed by atoms with Crippen molar-refractivity contribution in [1.29, 1.82) is 0 Å². The van der Waals surface area contributed by atoms with E-state index in [1.807, 2.05) is 29.2 Å². The van der Waals surface area contributed by atoms with Gasteiger partial charge in [-0.3, -0.25) is 0 Å². The van der Waals surface area contributed by atoms with Crippen LogP contribution in [0.1, 0.15) is 18.4 Å². The van der Waals surface area contributed by atoms with E-state index in [4.69, 9.17) is 9.72 Å². The average Bonchev–Trinajstić information content (AvgIpc) is 3.22. The minimum atomic E-state index is -0.365. The lowest BCUT2D eigenvalue weighted by Gasteiger charge is -2.23. The summed E-state index contributed by atoms with van der Waals surface area (Å²) in [4.78, 5) is 23.4. The van der Waals surface area contributed by atoms with Gasteiger partial charge in [-0.15, -0.1) is 0 Å². The van der Waals surface area contributed by atoms with Gasteiger partial charge in [-0.05, 0) is 42.7 Å². The molecule has 0 bridgehead atoms. The molecule has 1 saturated heterocycles. The maximum absolute atomic E-state index is 13.1. The number of ether oxygens (including phenoxy) is 1. The Bertz CT molecular complexity index is 993. The van der Waals surface area contributed by atoms with Gasteiger partial charge in [-0.2, -0.15) is 4.98 Å². The van der Waals surface area contributed by atoms with E-state index in [0.29, 0.717) is 24.9 Å². The summed E-state index contributed by atoms with van der Waals surface area (Å²) in [6.45, 7) is 1.21. The zero-order valence-corrected chi connectivity index (χ0v) is 15.6. The van der Waals surface area contributed by atoms with Crippen LogP contribution in [0, 0.1) is 5.82 Å². The van der Waals surface area contributed by atoms with Crippen molar-refractivity contribution >= 4 is 28.6 Å². The van der Waals surface area contributed by atoms with E-state index in [-0.39, 0.29) is 17.8 Å². The number of rotatable bonds is 5. The minimum Gasteiger partial charge on any atom is -0.467 e. The van der Waals surface area contributed by atoms with Crippen molar-refractivity contribution in [3.05, 3.63) is 59.9 Å². The third-order valence-corrected chi connectivity index (χ3v) is 4.95. The molecule has 1 unspecified atom stereocenters. The van der Waals surface area contributed by atoms with E-state index in [0.717, 1.165) is 29.3 Å². The number of carbonyl (C=O) groups excluding carboxylic acids is 1. The van der Waals surface area contributed by atoms with Gasteiger partial charge in [0.25, 0.3) is 0 Å². The number of carbonyl (C=O) groups is 1. The van der Waals surface area contributed by atoms with Gasteiger partial charge in [-0.1, -0.05) is 24.3 Å². The molecule has 1 atom stereocenters. The summed E-state index contributed by atoms with van der Waals surface area (Å²) in [5.41, 5.74) is 1.74. The summed E-state index contributed by atoms with van der Waals surface area (Å²) >= 11 is 0. The molecule has 6 nitrogen and oxygen atoms in total. The SMILES string of the molecule is COC(=O)C1CCCN1c1nc(NCc2ccc(F)cc2)c2ccccc2n1. The molecule has 28 heavy (non-hydrogen) atoms. The van der Waals surface area contributed by atoms with Crippen LogP contribution in [-0.4, -0.2) is 35.6 Å². The van der Waals surface area contributed by atoms with Gasteiger partial charge in [0.15, 0.2) is 0 Å². The van der Waals surface area contributed by atoms with Crippen molar-refractivity contribution in [2.75, 3.05) is 23.9 Å². The van der Waals surface area contributed by atoms with Crippen molar-refractivity contribution in [3.63, 3.8) is 0 Å². The second-order valence-corrected chi connectivity index (χ2v) is 6.74. The fourth-order valence-corrected chi connectivity index (χ4v) is 3.50. The number of anilines is 2. The monoisotopic (exact) mass is 380 g/mol. The van der Waals surface area contributed by atoms with Gasteiger partial charge in [0.05, 0.1) is 12.6 Å². The molecule has 0 saturated carbocycles. The van der Waals surface area contributed by atoms with Crippen molar-refractivity contribution in [1.82, 2.24) is 9.97 Å². The Morgan fingerprint density at radius 2 is 2.00 bits per heavy atom. The standard InChI is InChI=1S/C21H21FN4O2/c1-28-20(27)18-7-4-12-26(18)21-24-17-6-3-2-5-16(17)19(25-21)23-13-14-8-10-15(22)11-9-14/h2-3,5-6,8-11,18H,4,7,12-13H2,1H3,(H,23,24,25). The van der Waals surface area contributed by atoms with Crippen LogP contribution in [0.4, 0.5) is 16.2 Å². The molecule has 0 spiro atoms. The van der Waals surface area contributed by atoms with Crippen LogP contribution in [0.5, 0.6) is 0 Å². The van der Waals surface area contributed by atoms with E-state index in [9.17, 15) is 9.18 Å². The molecule has 144 valence electrons. The number of hydrogen-bond acceptors (Lipinski definition) is 6. The van der Waals surface area contributed by atoms with E-state index in [1.165, 1.54) is 19.2 Å². The maximum Gasteiger partial charge on any atom is 0.328 e. The predicted molar refractivity (Wildman–Crippen MR) is 106 cm³/mol. The lowest BCUT2D eigenvalue weighted by atomic mass is 10.2. The van der Waals surface area contributed by atoms with E-state index in [2.05, 4.69) is 10.3 Å². The molecule has 0 radical (unpaired) electrons. The Morgan fingerprint density at radius 3 is 2.79 bits per heavy atom. The summed E-state index contributed by atoms with van der Waals surface area (Å²) < 4.78 is 18.1. The van der Waals surface area contributed by atoms with Crippen LogP contribution < -0.4 is 10.2 Å². The van der Waals surface area contributed by atoms with Crippen LogP contribution in [0.2, 0.25) is 0 Å². The number of esters is 1. The Balaban J connectivity index is 1.67. The smallest absolute Gasteiger partial charge is 0.328 e. The van der Waals surface area contributed by atoms with E-state index < -0.39 is 0 Å². The number of aromatic nitrogens is 2. The molecule has 1 aromatic heterocycles. The summed E-state index contributed by atoms with van der Waals surface area (Å²) in [6, 6.07) is 13.7. The summed E-state index contributed by atoms with van der Waals surface area (Å²) in [5.74, 6) is 0.658. The fraction of sp³-hybridized carbons (Fsp3) is 0.286. The summed E-state index contributed by atoms with van der Waals surface area (Å²) in [6.07, 6.45) is 1.61. The second kappa shape index (κ2) is 7.80. The van der Waals surface area contributed by atoms with Crippen LogP contribution in [0.3, 0.4) is 0 Å². The van der Waals surface area contributed by atoms with Gasteiger partial charge < -0.3 is 15.0 Å². The highest BCUT2D eigenvalue weighted by Crippen LogP contribution is 2.28. The van der Waals surface area contributed by atoms with Crippen LogP contribution >= 0.6 is 0 Å². The Morgan fingerprint density at radius 1 is 1.21 bits per heavy atom. The number of nitrogens with zero attached hydrogens (tertiary/aromatic N) is 3. The molecule has 0 aliphatic carbocycles. The third kappa shape index (κ3) is 3.60. The highest BCUT2D eigenvalue weighted by atomic mass is 19.1. The number of para-hydroxylation sites is 1. The normalized spacial score (nSPS) is 16.4. The van der Waals surface area contributed by atoms with Crippen molar-refractivity contribution in [3.8, 4) is 0 Å². The number of hydrogen-bond donors (Lipinski definition) is 1. The topological polar surface area (TPSA) is 67.3 Å². The first-order valence-corrected chi connectivity index (χ1v) is 9.25. The number of nitrogens with one attached hydrogen (secondary N) is 1. The average molecular weight is 380 g/mol. The molecule has 1 aliphatic rings. The van der Waals surface area contributed by atoms with Gasteiger partial charge in [0.1, 0.15) is 17.7 Å². The number of fused-ring (bicyclic) bond motifs is 1. The zero-order chi connectivity index (χ0) is 19.5. The summed E-state index contributed by atoms with van der Waals surface area (Å²) in [7, 11) is 1.40. The molecule has 7 heteroatoms. The van der Waals surface area contributed by atoms with Gasteiger partial charge in [0, 0.05) is 18.5 Å². The quantitative estimate of drug-likeness (QED) is 0.683. The number of methoxy groups -OCH3 is 1. The minimum absolute atomic E-state index is 0.263. The first-order valence-electron chi connectivity index (χ1n) is 9.25. The Kier molecular flexibility index (Phi) is 5.06. The van der Waals surface area contributed by atoms with E-state index in [1.54, 1.807) is 12.1 Å². The molecule has 2 aromatic carbocycles. The Hall–Kier alpha value is -3.22. The van der Waals surface area contributed by atoms with E-state index >= 15 is 0 Å². The molecule has 1 N–H and O–H groups in total. The maximum atomic E-state index is 13.1. The van der Waals surface area contributed by atoms with Crippen molar-refractivity contribution in [2.24, 2.45) is 0 Å². The molecule has 1 aliphatic heterocycles. The van der Waals surface area contributed by atoms with Gasteiger partial charge in [0.2, 0.25) is 5.95 Å². The molecule has 4 rings (SSSR count). The number of halogens is 1. The van der Waals surface area contributed by atoms with Crippen LogP contribution in [0.15, 0.2) is 48.5 Å². The van der Waals surface area contributed by atoms with Crippen molar-refractivity contribution < 1.29 is 13.9 Å².